The van der Waals surface area contributed by atoms with Crippen LogP contribution < -0.4 is 5.32 Å². The predicted molar refractivity (Wildman–Crippen MR) is 75.9 cm³/mol. The van der Waals surface area contributed by atoms with Gasteiger partial charge in [0.2, 0.25) is 0 Å². The quantitative estimate of drug-likeness (QED) is 0.711. The van der Waals surface area contributed by atoms with Crippen molar-refractivity contribution in [1.82, 2.24) is 5.32 Å². The minimum absolute atomic E-state index is 0.505. The van der Waals surface area contributed by atoms with Crippen molar-refractivity contribution >= 4 is 0 Å². The largest absolute Gasteiger partial charge is 0.314 e. The number of nitrogens with one attached hydrogen (secondary N) is 1. The van der Waals surface area contributed by atoms with E-state index in [0.717, 1.165) is 18.9 Å². The molecule has 2 unspecified atom stereocenters. The van der Waals surface area contributed by atoms with E-state index in [1.165, 1.54) is 32.1 Å². The van der Waals surface area contributed by atoms with Crippen LogP contribution in [0.2, 0.25) is 0 Å². The molecule has 2 atom stereocenters. The predicted octanol–water partition coefficient (Wildman–Crippen LogP) is 3.98. The van der Waals surface area contributed by atoms with Gasteiger partial charge in [-0.2, -0.15) is 0 Å². The molecule has 0 aliphatic heterocycles. The highest BCUT2D eigenvalue weighted by molar-refractivity contribution is 4.97. The first-order valence-corrected chi connectivity index (χ1v) is 7.24. The first-order valence-electron chi connectivity index (χ1n) is 7.24. The second-order valence-corrected chi connectivity index (χ2v) is 5.97. The van der Waals surface area contributed by atoms with Crippen LogP contribution in [-0.4, -0.2) is 12.6 Å². The van der Waals surface area contributed by atoms with Gasteiger partial charge in [0.15, 0.2) is 0 Å². The molecule has 1 aliphatic rings. The molecule has 0 saturated heterocycles. The Kier molecular flexibility index (Phi) is 6.06. The summed E-state index contributed by atoms with van der Waals surface area (Å²) in [6, 6.07) is 0.663. The van der Waals surface area contributed by atoms with Crippen LogP contribution in [0.3, 0.4) is 0 Å². The van der Waals surface area contributed by atoms with Crippen molar-refractivity contribution in [1.29, 1.82) is 0 Å². The van der Waals surface area contributed by atoms with E-state index in [0.29, 0.717) is 11.5 Å². The molecule has 98 valence electrons. The van der Waals surface area contributed by atoms with Gasteiger partial charge in [-0.25, -0.2) is 0 Å². The Morgan fingerprint density at radius 2 is 2.12 bits per heavy atom. The fraction of sp³-hybridized carbons (Fsp3) is 0.875. The summed E-state index contributed by atoms with van der Waals surface area (Å²) < 4.78 is 0. The van der Waals surface area contributed by atoms with Crippen molar-refractivity contribution in [3.8, 4) is 11.8 Å². The monoisotopic (exact) mass is 235 g/mol. The van der Waals surface area contributed by atoms with Crippen LogP contribution >= 0.6 is 0 Å². The molecule has 0 aromatic rings. The van der Waals surface area contributed by atoms with Gasteiger partial charge in [0, 0.05) is 12.5 Å². The maximum Gasteiger partial charge on any atom is 0.0109 e. The Morgan fingerprint density at radius 3 is 2.71 bits per heavy atom. The van der Waals surface area contributed by atoms with Gasteiger partial charge in [0.1, 0.15) is 0 Å². The molecule has 1 nitrogen and oxygen atoms in total. The molecule has 1 fully saturated rings. The third-order valence-electron chi connectivity index (χ3n) is 4.30. The standard InChI is InChI=1S/C16H29N/c1-5-7-8-12-15(17-6-2)14-11-9-10-13-16(14,3)4/h14-15,17H,6,8-13H2,1-4H3. The lowest BCUT2D eigenvalue weighted by Gasteiger charge is -2.43. The Balaban J connectivity index is 2.62. The molecule has 0 spiro atoms. The Morgan fingerprint density at radius 1 is 1.35 bits per heavy atom. The number of hydrogen-bond acceptors (Lipinski definition) is 1. The Labute approximate surface area is 108 Å². The van der Waals surface area contributed by atoms with Crippen LogP contribution in [-0.2, 0) is 0 Å². The molecule has 0 amide bonds. The Hall–Kier alpha value is -0.480. The van der Waals surface area contributed by atoms with Crippen LogP contribution in [0.4, 0.5) is 0 Å². The summed E-state index contributed by atoms with van der Waals surface area (Å²) >= 11 is 0. The third kappa shape index (κ3) is 4.36. The molecule has 0 bridgehead atoms. The van der Waals surface area contributed by atoms with E-state index < -0.39 is 0 Å². The molecule has 1 saturated carbocycles. The summed E-state index contributed by atoms with van der Waals surface area (Å²) in [5.74, 6) is 7.05. The van der Waals surface area contributed by atoms with Gasteiger partial charge < -0.3 is 5.32 Å². The van der Waals surface area contributed by atoms with Crippen molar-refractivity contribution in [2.45, 2.75) is 72.3 Å². The lowest BCUT2D eigenvalue weighted by molar-refractivity contribution is 0.0959. The lowest BCUT2D eigenvalue weighted by atomic mass is 9.65. The molecule has 0 radical (unpaired) electrons. The highest BCUT2D eigenvalue weighted by Gasteiger charge is 2.36. The van der Waals surface area contributed by atoms with E-state index in [-0.39, 0.29) is 0 Å². The maximum atomic E-state index is 3.70. The van der Waals surface area contributed by atoms with Crippen LogP contribution in [0.15, 0.2) is 0 Å². The Bertz CT molecular complexity index is 269. The van der Waals surface area contributed by atoms with Crippen molar-refractivity contribution in [2.24, 2.45) is 11.3 Å². The van der Waals surface area contributed by atoms with Crippen molar-refractivity contribution in [3.05, 3.63) is 0 Å². The SMILES string of the molecule is CC#CCCC(NCC)C1CCCCC1(C)C. The van der Waals surface area contributed by atoms with E-state index >= 15 is 0 Å². The molecule has 1 heteroatoms. The second-order valence-electron chi connectivity index (χ2n) is 5.97. The van der Waals surface area contributed by atoms with Crippen molar-refractivity contribution in [2.75, 3.05) is 6.54 Å². The summed E-state index contributed by atoms with van der Waals surface area (Å²) in [5.41, 5.74) is 0.505. The highest BCUT2D eigenvalue weighted by Crippen LogP contribution is 2.43. The number of hydrogen-bond donors (Lipinski definition) is 1. The molecule has 0 aromatic carbocycles. The van der Waals surface area contributed by atoms with Gasteiger partial charge in [0.05, 0.1) is 0 Å². The molecule has 1 rings (SSSR count). The zero-order chi connectivity index (χ0) is 12.7. The van der Waals surface area contributed by atoms with Gasteiger partial charge in [0.25, 0.3) is 0 Å². The summed E-state index contributed by atoms with van der Waals surface area (Å²) in [5, 5.41) is 3.70. The minimum Gasteiger partial charge on any atom is -0.314 e. The van der Waals surface area contributed by atoms with Gasteiger partial charge >= 0.3 is 0 Å². The normalized spacial score (nSPS) is 24.8. The van der Waals surface area contributed by atoms with Crippen LogP contribution in [0.25, 0.3) is 0 Å². The maximum absolute atomic E-state index is 3.70. The smallest absolute Gasteiger partial charge is 0.0109 e. The van der Waals surface area contributed by atoms with Gasteiger partial charge in [-0.15, -0.1) is 11.8 Å². The molecular weight excluding hydrogens is 206 g/mol. The summed E-state index contributed by atoms with van der Waals surface area (Å²) in [6.45, 7) is 10.1. The topological polar surface area (TPSA) is 12.0 Å². The average Bonchev–Trinajstić information content (AvgIpc) is 2.28. The third-order valence-corrected chi connectivity index (χ3v) is 4.30. The molecule has 17 heavy (non-hydrogen) atoms. The molecule has 0 heterocycles. The molecule has 1 N–H and O–H groups in total. The lowest BCUT2D eigenvalue weighted by Crippen LogP contribution is -2.44. The second kappa shape index (κ2) is 7.07. The fourth-order valence-electron chi connectivity index (χ4n) is 3.33. The zero-order valence-electron chi connectivity index (χ0n) is 12.1. The first kappa shape index (κ1) is 14.6. The van der Waals surface area contributed by atoms with Crippen molar-refractivity contribution in [3.63, 3.8) is 0 Å². The van der Waals surface area contributed by atoms with Crippen LogP contribution in [0.5, 0.6) is 0 Å². The first-order chi connectivity index (χ1) is 8.11. The molecular formula is C16H29N. The van der Waals surface area contributed by atoms with Crippen molar-refractivity contribution < 1.29 is 0 Å². The van der Waals surface area contributed by atoms with E-state index in [2.05, 4.69) is 37.9 Å². The molecule has 0 aromatic heterocycles. The van der Waals surface area contributed by atoms with Gasteiger partial charge in [-0.1, -0.05) is 33.6 Å². The average molecular weight is 235 g/mol. The van der Waals surface area contributed by atoms with E-state index in [1.807, 2.05) is 6.92 Å². The van der Waals surface area contributed by atoms with Gasteiger partial charge in [-0.3, -0.25) is 0 Å². The minimum atomic E-state index is 0.505. The van der Waals surface area contributed by atoms with E-state index in [9.17, 15) is 0 Å². The zero-order valence-corrected chi connectivity index (χ0v) is 12.1. The summed E-state index contributed by atoms with van der Waals surface area (Å²) in [4.78, 5) is 0. The fourth-order valence-corrected chi connectivity index (χ4v) is 3.33. The number of rotatable bonds is 5. The van der Waals surface area contributed by atoms with Crippen LogP contribution in [0, 0.1) is 23.2 Å². The van der Waals surface area contributed by atoms with Crippen LogP contribution in [0.1, 0.15) is 66.2 Å². The summed E-state index contributed by atoms with van der Waals surface area (Å²) in [7, 11) is 0. The molecule has 1 aliphatic carbocycles. The van der Waals surface area contributed by atoms with E-state index in [4.69, 9.17) is 0 Å². The van der Waals surface area contributed by atoms with E-state index in [1.54, 1.807) is 0 Å². The summed E-state index contributed by atoms with van der Waals surface area (Å²) in [6.07, 6.45) is 7.86. The van der Waals surface area contributed by atoms with Gasteiger partial charge in [-0.05, 0) is 44.1 Å². The highest BCUT2D eigenvalue weighted by atomic mass is 14.9.